The molecule has 1 amide bonds. The Hall–Kier alpha value is -2.17. The summed E-state index contributed by atoms with van der Waals surface area (Å²) in [5, 5.41) is 9.47. The molecular weight excluding hydrogens is 352 g/mol. The Balaban J connectivity index is 1.76. The normalized spacial score (nSPS) is 24.2. The van der Waals surface area contributed by atoms with Crippen LogP contribution in [0.25, 0.3) is 0 Å². The molecule has 2 aliphatic rings. The van der Waals surface area contributed by atoms with Crippen molar-refractivity contribution in [1.82, 2.24) is 9.47 Å². The molecule has 25 heavy (non-hydrogen) atoms. The lowest BCUT2D eigenvalue weighted by molar-refractivity contribution is -0.160. The van der Waals surface area contributed by atoms with E-state index in [9.17, 15) is 23.1 Å². The number of aromatic nitrogens is 1. The van der Waals surface area contributed by atoms with Gasteiger partial charge in [0.15, 0.2) is 0 Å². The molecule has 2 aliphatic heterocycles. The quantitative estimate of drug-likeness (QED) is 0.533. The van der Waals surface area contributed by atoms with Crippen LogP contribution in [-0.4, -0.2) is 51.6 Å². The first-order valence-electron chi connectivity index (χ1n) is 7.74. The number of β-lactam (4-membered cyclic amide) rings is 1. The van der Waals surface area contributed by atoms with E-state index in [-0.39, 0.29) is 5.70 Å². The van der Waals surface area contributed by atoms with Crippen molar-refractivity contribution in [3.8, 4) is 0 Å². The number of aryl methyl sites for hydroxylation is 1. The number of carbonyl (C=O) groups excluding carboxylic acids is 1. The molecule has 1 unspecified atom stereocenters. The van der Waals surface area contributed by atoms with Crippen molar-refractivity contribution in [2.45, 2.75) is 38.5 Å². The van der Waals surface area contributed by atoms with E-state index in [1.165, 1.54) is 11.8 Å². The molecule has 3 rings (SSSR count). The van der Waals surface area contributed by atoms with Crippen molar-refractivity contribution < 1.29 is 31.8 Å². The van der Waals surface area contributed by atoms with Crippen LogP contribution in [0.5, 0.6) is 0 Å². The van der Waals surface area contributed by atoms with E-state index in [0.29, 0.717) is 25.0 Å². The van der Waals surface area contributed by atoms with Crippen LogP contribution in [-0.2, 0) is 30.7 Å². The highest BCUT2D eigenvalue weighted by Crippen LogP contribution is 2.45. The number of carboxylic acid groups (broad SMARTS) is 1. The Kier molecular flexibility index (Phi) is 4.43. The number of carbonyl (C=O) groups is 2. The van der Waals surface area contributed by atoms with Crippen LogP contribution < -0.4 is 0 Å². The second-order valence-corrected chi connectivity index (χ2v) is 7.21. The minimum absolute atomic E-state index is 0.0301. The predicted molar refractivity (Wildman–Crippen MR) is 84.5 cm³/mol. The summed E-state index contributed by atoms with van der Waals surface area (Å²) in [6.45, 7) is 1.95. The Morgan fingerprint density at radius 3 is 2.60 bits per heavy atom. The number of hydrogen-bond acceptors (Lipinski definition) is 5. The van der Waals surface area contributed by atoms with E-state index in [4.69, 9.17) is 4.55 Å². The highest BCUT2D eigenvalue weighted by Gasteiger charge is 2.57. The van der Waals surface area contributed by atoms with Gasteiger partial charge >= 0.3 is 16.4 Å². The van der Waals surface area contributed by atoms with Crippen molar-refractivity contribution in [1.29, 1.82) is 0 Å². The number of carboxylic acids is 1. The van der Waals surface area contributed by atoms with Gasteiger partial charge in [-0.2, -0.15) is 8.42 Å². The van der Waals surface area contributed by atoms with Crippen molar-refractivity contribution in [3.63, 3.8) is 0 Å². The second kappa shape index (κ2) is 6.28. The van der Waals surface area contributed by atoms with Gasteiger partial charge in [0.25, 0.3) is 0 Å². The Morgan fingerprint density at radius 1 is 1.40 bits per heavy atom. The lowest BCUT2D eigenvalue weighted by Gasteiger charge is -2.45. The lowest BCUT2D eigenvalue weighted by Crippen LogP contribution is -2.62. The third-order valence-corrected chi connectivity index (χ3v) is 5.17. The number of nitrogens with zero attached hydrogens (tertiary/aromatic N) is 2. The fraction of sp³-hybridized carbons (Fsp3) is 0.467. The van der Waals surface area contributed by atoms with Gasteiger partial charge in [-0.05, 0) is 37.5 Å². The third-order valence-electron chi connectivity index (χ3n) is 4.62. The van der Waals surface area contributed by atoms with Crippen molar-refractivity contribution in [3.05, 3.63) is 35.8 Å². The highest BCUT2D eigenvalue weighted by atomic mass is 32.3. The molecule has 10 heteroatoms. The molecule has 1 aromatic rings. The zero-order valence-electron chi connectivity index (χ0n) is 13.4. The highest BCUT2D eigenvalue weighted by molar-refractivity contribution is 7.80. The van der Waals surface area contributed by atoms with Crippen LogP contribution in [0.3, 0.4) is 0 Å². The van der Waals surface area contributed by atoms with Crippen molar-refractivity contribution in [2.75, 3.05) is 0 Å². The fourth-order valence-corrected chi connectivity index (χ4v) is 4.11. The molecule has 0 saturated carbocycles. The summed E-state index contributed by atoms with van der Waals surface area (Å²) >= 11 is 0. The third kappa shape index (κ3) is 3.32. The van der Waals surface area contributed by atoms with Crippen LogP contribution in [0.4, 0.5) is 0 Å². The molecule has 3 atom stereocenters. The van der Waals surface area contributed by atoms with E-state index >= 15 is 0 Å². The largest absolute Gasteiger partial charge is 0.477 e. The fourth-order valence-electron chi connectivity index (χ4n) is 3.60. The van der Waals surface area contributed by atoms with E-state index < -0.39 is 40.3 Å². The number of aliphatic carboxylic acids is 1. The van der Waals surface area contributed by atoms with E-state index in [1.807, 2.05) is 29.1 Å². The molecule has 0 aromatic carbocycles. The first-order chi connectivity index (χ1) is 11.7. The van der Waals surface area contributed by atoms with Gasteiger partial charge in [0.05, 0.1) is 18.1 Å². The average molecular weight is 370 g/mol. The van der Waals surface area contributed by atoms with E-state index in [0.717, 1.165) is 0 Å². The summed E-state index contributed by atoms with van der Waals surface area (Å²) in [6, 6.07) is 3.26. The van der Waals surface area contributed by atoms with Crippen LogP contribution in [0.15, 0.2) is 35.8 Å². The molecule has 136 valence electrons. The SMILES string of the molecule is C[C@H](OS(=O)(=O)O)[C@@H]1C(=O)N2C(C(=O)O)=C(CCn3cccc3)CC12. The second-order valence-electron chi connectivity index (χ2n) is 6.16. The minimum atomic E-state index is -4.68. The van der Waals surface area contributed by atoms with Gasteiger partial charge in [-0.1, -0.05) is 0 Å². The molecule has 1 saturated heterocycles. The van der Waals surface area contributed by atoms with Gasteiger partial charge in [-0.15, -0.1) is 0 Å². The number of fused-ring (bicyclic) bond motifs is 1. The Labute approximate surface area is 144 Å². The summed E-state index contributed by atoms with van der Waals surface area (Å²) in [6.07, 6.45) is 3.47. The van der Waals surface area contributed by atoms with Crippen LogP contribution in [0.1, 0.15) is 19.8 Å². The molecule has 1 fully saturated rings. The molecule has 9 nitrogen and oxygen atoms in total. The number of amides is 1. The summed E-state index contributed by atoms with van der Waals surface area (Å²) < 4.78 is 36.9. The molecule has 3 heterocycles. The minimum Gasteiger partial charge on any atom is -0.477 e. The molecule has 2 N–H and O–H groups in total. The first-order valence-corrected chi connectivity index (χ1v) is 9.10. The maximum Gasteiger partial charge on any atom is 0.397 e. The molecule has 1 aromatic heterocycles. The summed E-state index contributed by atoms with van der Waals surface area (Å²) in [4.78, 5) is 25.1. The monoisotopic (exact) mass is 370 g/mol. The average Bonchev–Trinajstić information content (AvgIpc) is 3.08. The van der Waals surface area contributed by atoms with Gasteiger partial charge in [-0.25, -0.2) is 8.98 Å². The maximum atomic E-state index is 12.3. The number of hydrogen-bond donors (Lipinski definition) is 2. The van der Waals surface area contributed by atoms with Crippen LogP contribution >= 0.6 is 0 Å². The molecule has 0 spiro atoms. The summed E-state index contributed by atoms with van der Waals surface area (Å²) in [5.74, 6) is -2.49. The zero-order chi connectivity index (χ0) is 18.4. The lowest BCUT2D eigenvalue weighted by atomic mass is 9.83. The summed E-state index contributed by atoms with van der Waals surface area (Å²) in [5.41, 5.74) is 0.610. The molecule has 0 radical (unpaired) electrons. The smallest absolute Gasteiger partial charge is 0.397 e. The van der Waals surface area contributed by atoms with E-state index in [1.54, 1.807) is 0 Å². The summed E-state index contributed by atoms with van der Waals surface area (Å²) in [7, 11) is -4.68. The molecule has 0 aliphatic carbocycles. The molecular formula is C15H18N2O7S. The van der Waals surface area contributed by atoms with Gasteiger partial charge in [-0.3, -0.25) is 9.35 Å². The van der Waals surface area contributed by atoms with Gasteiger partial charge in [0, 0.05) is 18.9 Å². The standard InChI is InChI=1S/C15H18N2O7S/c1-9(24-25(21,22)23)12-11-8-10(4-7-16-5-2-3-6-16)13(15(19)20)17(11)14(12)18/h2-3,5-6,9,11-12H,4,7-8H2,1H3,(H,19,20)(H,21,22,23)/t9-,11?,12-/m0/s1. The van der Waals surface area contributed by atoms with Crippen molar-refractivity contribution >= 4 is 22.3 Å². The predicted octanol–water partition coefficient (Wildman–Crippen LogP) is 0.656. The zero-order valence-corrected chi connectivity index (χ0v) is 14.2. The Morgan fingerprint density at radius 2 is 2.04 bits per heavy atom. The van der Waals surface area contributed by atoms with Gasteiger partial charge < -0.3 is 14.6 Å². The van der Waals surface area contributed by atoms with E-state index in [2.05, 4.69) is 4.18 Å². The van der Waals surface area contributed by atoms with Crippen LogP contribution in [0, 0.1) is 5.92 Å². The van der Waals surface area contributed by atoms with Gasteiger partial charge in [0.1, 0.15) is 5.70 Å². The van der Waals surface area contributed by atoms with Crippen molar-refractivity contribution in [2.24, 2.45) is 5.92 Å². The topological polar surface area (TPSA) is 126 Å². The number of rotatable bonds is 7. The Bertz CT molecular complexity index is 828. The molecule has 0 bridgehead atoms. The van der Waals surface area contributed by atoms with Gasteiger partial charge in [0.2, 0.25) is 5.91 Å². The maximum absolute atomic E-state index is 12.3. The first kappa shape index (κ1) is 17.6. The van der Waals surface area contributed by atoms with Crippen LogP contribution in [0.2, 0.25) is 0 Å².